The highest BCUT2D eigenvalue weighted by Gasteiger charge is 2.38. The molecule has 6 rings (SSSR count). The Balaban J connectivity index is 1.55. The second kappa shape index (κ2) is 8.64. The summed E-state index contributed by atoms with van der Waals surface area (Å²) in [5, 5.41) is 0. The maximum atomic E-state index is 2.43. The van der Waals surface area contributed by atoms with Crippen LogP contribution in [0, 0.1) is 0 Å². The van der Waals surface area contributed by atoms with Gasteiger partial charge in [0.25, 0.3) is 0 Å². The zero-order valence-corrected chi connectivity index (χ0v) is 21.5. The van der Waals surface area contributed by atoms with Crippen LogP contribution in [-0.4, -0.2) is 0 Å². The predicted octanol–water partition coefficient (Wildman–Crippen LogP) is 10.1. The van der Waals surface area contributed by atoms with Crippen LogP contribution in [0.3, 0.4) is 0 Å². The molecule has 0 saturated carbocycles. The van der Waals surface area contributed by atoms with E-state index >= 15 is 0 Å². The normalized spacial score (nSPS) is 13.5. The van der Waals surface area contributed by atoms with Gasteiger partial charge in [-0.05, 0) is 85.3 Å². The molecule has 0 heteroatoms. The molecule has 0 unspecified atom stereocenters. The zero-order chi connectivity index (χ0) is 24.9. The fourth-order valence-corrected chi connectivity index (χ4v) is 5.84. The topological polar surface area (TPSA) is 0 Å². The summed E-state index contributed by atoms with van der Waals surface area (Å²) in [6, 6.07) is 42.6. The Labute approximate surface area is 215 Å². The summed E-state index contributed by atoms with van der Waals surface area (Å²) < 4.78 is 0. The van der Waals surface area contributed by atoms with Gasteiger partial charge >= 0.3 is 0 Å². The third kappa shape index (κ3) is 3.69. The molecule has 0 aromatic heterocycles. The Hall–Kier alpha value is -3.90. The summed E-state index contributed by atoms with van der Waals surface area (Å²) in [5.41, 5.74) is 14.5. The van der Waals surface area contributed by atoms with Crippen molar-refractivity contribution in [2.24, 2.45) is 0 Å². The van der Waals surface area contributed by atoms with Crippen LogP contribution in [-0.2, 0) is 5.41 Å². The molecule has 0 nitrogen and oxygen atoms in total. The molecule has 0 spiro atoms. The monoisotopic (exact) mass is 464 g/mol. The lowest BCUT2D eigenvalue weighted by Crippen LogP contribution is -2.16. The lowest BCUT2D eigenvalue weighted by atomic mass is 9.77. The lowest BCUT2D eigenvalue weighted by molar-refractivity contribution is 0.662. The van der Waals surface area contributed by atoms with E-state index in [0.29, 0.717) is 5.92 Å². The highest BCUT2D eigenvalue weighted by molar-refractivity contribution is 5.93. The van der Waals surface area contributed by atoms with E-state index in [1.807, 2.05) is 0 Å². The first-order chi connectivity index (χ1) is 17.4. The Bertz CT molecular complexity index is 1540. The first-order valence-electron chi connectivity index (χ1n) is 13.0. The van der Waals surface area contributed by atoms with Crippen LogP contribution in [0.1, 0.15) is 50.3 Å². The Morgan fingerprint density at radius 2 is 1.03 bits per heavy atom. The van der Waals surface area contributed by atoms with Gasteiger partial charge in [0.1, 0.15) is 0 Å². The van der Waals surface area contributed by atoms with Crippen LogP contribution in [0.5, 0.6) is 0 Å². The molecular weight excluding hydrogens is 432 g/mol. The van der Waals surface area contributed by atoms with E-state index in [4.69, 9.17) is 0 Å². The number of hydrogen-bond donors (Lipinski definition) is 0. The molecule has 1 aliphatic carbocycles. The standard InChI is InChI=1S/C36H32/c1-24(2)25-15-17-27(18-16-25)29-19-20-31-33-22-30(26-11-7-5-8-12-26)21-32(28-13-9-6-10-14-28)35(33)36(3,4)34(31)23-29/h5-24H,1-4H3. The second-order valence-electron chi connectivity index (χ2n) is 10.8. The molecule has 0 atom stereocenters. The Morgan fingerprint density at radius 3 is 1.67 bits per heavy atom. The third-order valence-corrected chi connectivity index (χ3v) is 7.85. The first kappa shape index (κ1) is 22.6. The van der Waals surface area contributed by atoms with Gasteiger partial charge in [0.15, 0.2) is 0 Å². The SMILES string of the molecule is CC(C)c1ccc(-c2ccc3c(c2)C(C)(C)c2c(-c4ccccc4)cc(-c4ccccc4)cc2-3)cc1. The summed E-state index contributed by atoms with van der Waals surface area (Å²) in [6.45, 7) is 9.27. The average molecular weight is 465 g/mol. The highest BCUT2D eigenvalue weighted by atomic mass is 14.4. The number of benzene rings is 5. The minimum Gasteiger partial charge on any atom is -0.0622 e. The molecule has 0 N–H and O–H groups in total. The fourth-order valence-electron chi connectivity index (χ4n) is 5.84. The van der Waals surface area contributed by atoms with Gasteiger partial charge in [0.2, 0.25) is 0 Å². The molecule has 0 radical (unpaired) electrons. The van der Waals surface area contributed by atoms with E-state index in [2.05, 4.69) is 143 Å². The van der Waals surface area contributed by atoms with Crippen molar-refractivity contribution >= 4 is 0 Å². The van der Waals surface area contributed by atoms with Gasteiger partial charge in [0.05, 0.1) is 0 Å². The van der Waals surface area contributed by atoms with Crippen molar-refractivity contribution in [1.29, 1.82) is 0 Å². The van der Waals surface area contributed by atoms with Crippen LogP contribution in [0.2, 0.25) is 0 Å². The van der Waals surface area contributed by atoms with E-state index in [-0.39, 0.29) is 5.41 Å². The highest BCUT2D eigenvalue weighted by Crippen LogP contribution is 2.54. The summed E-state index contributed by atoms with van der Waals surface area (Å²) in [6.07, 6.45) is 0. The molecule has 0 saturated heterocycles. The van der Waals surface area contributed by atoms with E-state index < -0.39 is 0 Å². The minimum absolute atomic E-state index is 0.0983. The first-order valence-corrected chi connectivity index (χ1v) is 13.0. The summed E-state index contributed by atoms with van der Waals surface area (Å²) in [7, 11) is 0. The van der Waals surface area contributed by atoms with Crippen LogP contribution in [0.4, 0.5) is 0 Å². The molecule has 176 valence electrons. The van der Waals surface area contributed by atoms with Crippen molar-refractivity contribution in [2.45, 2.75) is 39.0 Å². The molecule has 5 aromatic rings. The number of rotatable bonds is 4. The van der Waals surface area contributed by atoms with Crippen molar-refractivity contribution < 1.29 is 0 Å². The van der Waals surface area contributed by atoms with Gasteiger partial charge in [-0.3, -0.25) is 0 Å². The van der Waals surface area contributed by atoms with Gasteiger partial charge < -0.3 is 0 Å². The smallest absolute Gasteiger partial charge is 0.0165 e. The van der Waals surface area contributed by atoms with Crippen molar-refractivity contribution in [3.05, 3.63) is 132 Å². The van der Waals surface area contributed by atoms with Gasteiger partial charge in [-0.15, -0.1) is 0 Å². The third-order valence-electron chi connectivity index (χ3n) is 7.85. The molecule has 0 heterocycles. The van der Waals surface area contributed by atoms with E-state index in [0.717, 1.165) is 0 Å². The molecule has 0 bridgehead atoms. The van der Waals surface area contributed by atoms with Gasteiger partial charge in [-0.2, -0.15) is 0 Å². The van der Waals surface area contributed by atoms with Crippen LogP contribution < -0.4 is 0 Å². The number of hydrogen-bond acceptors (Lipinski definition) is 0. The minimum atomic E-state index is -0.0983. The molecule has 1 aliphatic rings. The Kier molecular flexibility index (Phi) is 5.41. The summed E-state index contributed by atoms with van der Waals surface area (Å²) >= 11 is 0. The maximum absolute atomic E-state index is 2.43. The molecule has 0 fully saturated rings. The molecule has 0 aliphatic heterocycles. The molecule has 36 heavy (non-hydrogen) atoms. The van der Waals surface area contributed by atoms with Gasteiger partial charge in [-0.25, -0.2) is 0 Å². The van der Waals surface area contributed by atoms with Crippen LogP contribution >= 0.6 is 0 Å². The van der Waals surface area contributed by atoms with Gasteiger partial charge in [-0.1, -0.05) is 125 Å². The lowest BCUT2D eigenvalue weighted by Gasteiger charge is -2.25. The van der Waals surface area contributed by atoms with E-state index in [9.17, 15) is 0 Å². The number of fused-ring (bicyclic) bond motifs is 3. The molecule has 5 aromatic carbocycles. The maximum Gasteiger partial charge on any atom is 0.0165 e. The van der Waals surface area contributed by atoms with Crippen molar-refractivity contribution in [3.63, 3.8) is 0 Å². The largest absolute Gasteiger partial charge is 0.0622 e. The summed E-state index contributed by atoms with van der Waals surface area (Å²) in [5.74, 6) is 0.544. The Morgan fingerprint density at radius 1 is 0.472 bits per heavy atom. The van der Waals surface area contributed by atoms with E-state index in [1.54, 1.807) is 0 Å². The predicted molar refractivity (Wildman–Crippen MR) is 154 cm³/mol. The zero-order valence-electron chi connectivity index (χ0n) is 21.5. The summed E-state index contributed by atoms with van der Waals surface area (Å²) in [4.78, 5) is 0. The average Bonchev–Trinajstić information content (AvgIpc) is 3.15. The van der Waals surface area contributed by atoms with Crippen LogP contribution in [0.25, 0.3) is 44.5 Å². The molecule has 0 amide bonds. The van der Waals surface area contributed by atoms with Crippen molar-refractivity contribution in [3.8, 4) is 44.5 Å². The fraction of sp³-hybridized carbons (Fsp3) is 0.167. The molecular formula is C36H32. The van der Waals surface area contributed by atoms with Gasteiger partial charge in [0, 0.05) is 5.41 Å². The van der Waals surface area contributed by atoms with Crippen molar-refractivity contribution in [1.82, 2.24) is 0 Å². The van der Waals surface area contributed by atoms with E-state index in [1.165, 1.54) is 61.2 Å². The second-order valence-corrected chi connectivity index (χ2v) is 10.8. The van der Waals surface area contributed by atoms with Crippen molar-refractivity contribution in [2.75, 3.05) is 0 Å². The quantitative estimate of drug-likeness (QED) is 0.248. The van der Waals surface area contributed by atoms with Crippen LogP contribution in [0.15, 0.2) is 115 Å².